The first-order valence-corrected chi connectivity index (χ1v) is 13.7. The van der Waals surface area contributed by atoms with E-state index in [1.54, 1.807) is 6.08 Å². The highest BCUT2D eigenvalue weighted by Gasteiger charge is 2.33. The van der Waals surface area contributed by atoms with E-state index in [-0.39, 0.29) is 10.2 Å². The van der Waals surface area contributed by atoms with Crippen LogP contribution in [-0.2, 0) is 29.2 Å². The molecule has 0 aromatic heterocycles. The molecule has 1 saturated heterocycles. The average Bonchev–Trinajstić information content (AvgIpc) is 3.18. The molecule has 8 heteroatoms. The van der Waals surface area contributed by atoms with Gasteiger partial charge in [0.1, 0.15) is 23.2 Å². The lowest BCUT2D eigenvalue weighted by Gasteiger charge is -2.22. The van der Waals surface area contributed by atoms with Crippen LogP contribution in [0.1, 0.15) is 29.2 Å². The molecule has 4 rings (SSSR count). The predicted molar refractivity (Wildman–Crippen MR) is 156 cm³/mol. The first-order valence-electron chi connectivity index (χ1n) is 12.5. The molecule has 1 fully saturated rings. The van der Waals surface area contributed by atoms with Crippen LogP contribution in [0, 0.1) is 0 Å². The summed E-state index contributed by atoms with van der Waals surface area (Å²) in [5.74, 6) is -0.686. The number of rotatable bonds is 12. The Morgan fingerprint density at radius 3 is 2.39 bits per heavy atom. The molecule has 0 unspecified atom stereocenters. The van der Waals surface area contributed by atoms with E-state index in [1.807, 2.05) is 54.6 Å². The van der Waals surface area contributed by atoms with Gasteiger partial charge in [0.25, 0.3) is 5.91 Å². The van der Waals surface area contributed by atoms with Gasteiger partial charge in [0.15, 0.2) is 0 Å². The third-order valence-corrected chi connectivity index (χ3v) is 7.56. The van der Waals surface area contributed by atoms with Crippen molar-refractivity contribution in [3.05, 3.63) is 106 Å². The fraction of sp³-hybridized carbons (Fsp3) is 0.233. The predicted octanol–water partition coefficient (Wildman–Crippen LogP) is 5.62. The van der Waals surface area contributed by atoms with Crippen LogP contribution in [-0.4, -0.2) is 50.7 Å². The second-order valence-electron chi connectivity index (χ2n) is 8.91. The smallest absolute Gasteiger partial charge is 0.323 e. The number of ether oxygens (including phenoxy) is 1. The van der Waals surface area contributed by atoms with Gasteiger partial charge in [0, 0.05) is 18.7 Å². The molecule has 1 N–H and O–H groups in total. The Kier molecular flexibility index (Phi) is 9.70. The van der Waals surface area contributed by atoms with Gasteiger partial charge >= 0.3 is 5.97 Å². The first-order chi connectivity index (χ1) is 18.4. The van der Waals surface area contributed by atoms with Gasteiger partial charge in [-0.1, -0.05) is 97.6 Å². The van der Waals surface area contributed by atoms with Crippen molar-refractivity contribution in [1.82, 2.24) is 9.80 Å². The number of thioether (sulfide) groups is 1. The fourth-order valence-electron chi connectivity index (χ4n) is 4.13. The molecule has 1 heterocycles. The molecular formula is C30H30N2O4S2. The summed E-state index contributed by atoms with van der Waals surface area (Å²) >= 11 is 6.36. The molecule has 196 valence electrons. The summed E-state index contributed by atoms with van der Waals surface area (Å²) in [6.45, 7) is 4.63. The molecule has 3 aromatic carbocycles. The first kappa shape index (κ1) is 27.6. The lowest BCUT2D eigenvalue weighted by molar-refractivity contribution is -0.140. The summed E-state index contributed by atoms with van der Waals surface area (Å²) in [6, 6.07) is 26.3. The molecule has 0 bridgehead atoms. The molecule has 1 aliphatic rings. The Labute approximate surface area is 232 Å². The van der Waals surface area contributed by atoms with Gasteiger partial charge in [-0.15, -0.1) is 0 Å². The van der Waals surface area contributed by atoms with Crippen molar-refractivity contribution < 1.29 is 19.4 Å². The lowest BCUT2D eigenvalue weighted by atomic mass is 10.1. The maximum Gasteiger partial charge on any atom is 0.323 e. The molecule has 3 aromatic rings. The third kappa shape index (κ3) is 7.54. The van der Waals surface area contributed by atoms with Crippen LogP contribution < -0.4 is 4.74 Å². The minimum atomic E-state index is -1.10. The number of thiocarbonyl (C=S) groups is 1. The van der Waals surface area contributed by atoms with Crippen molar-refractivity contribution in [3.63, 3.8) is 0 Å². The van der Waals surface area contributed by atoms with Gasteiger partial charge in [0.2, 0.25) is 0 Å². The number of carbonyl (C=O) groups excluding carboxylic acids is 1. The molecule has 6 nitrogen and oxygen atoms in total. The Balaban J connectivity index is 1.56. The van der Waals surface area contributed by atoms with Crippen LogP contribution in [0.4, 0.5) is 0 Å². The Morgan fingerprint density at radius 2 is 1.74 bits per heavy atom. The molecule has 0 saturated carbocycles. The van der Waals surface area contributed by atoms with Gasteiger partial charge in [-0.2, -0.15) is 0 Å². The molecule has 0 spiro atoms. The van der Waals surface area contributed by atoms with E-state index in [1.165, 1.54) is 5.56 Å². The number of carboxylic acids is 1. The number of nitrogens with zero attached hydrogens (tertiary/aromatic N) is 2. The zero-order valence-corrected chi connectivity index (χ0v) is 22.8. The van der Waals surface area contributed by atoms with Crippen LogP contribution in [0.15, 0.2) is 83.8 Å². The van der Waals surface area contributed by atoms with E-state index in [2.05, 4.69) is 36.1 Å². The number of likely N-dealkylation sites (N-methyl/N-ethyl adjacent to an activating group) is 1. The van der Waals surface area contributed by atoms with Crippen molar-refractivity contribution in [2.75, 3.05) is 19.6 Å². The van der Waals surface area contributed by atoms with E-state index >= 15 is 0 Å². The number of hydrogen-bond acceptors (Lipinski definition) is 6. The van der Waals surface area contributed by atoms with E-state index < -0.39 is 12.5 Å². The van der Waals surface area contributed by atoms with Crippen LogP contribution in [0.5, 0.6) is 5.75 Å². The molecule has 0 atom stereocenters. The van der Waals surface area contributed by atoms with Crippen molar-refractivity contribution in [2.45, 2.75) is 26.5 Å². The fourth-order valence-corrected chi connectivity index (χ4v) is 5.39. The van der Waals surface area contributed by atoms with Gasteiger partial charge in [-0.25, -0.2) is 0 Å². The van der Waals surface area contributed by atoms with Crippen molar-refractivity contribution >= 4 is 46.3 Å². The summed E-state index contributed by atoms with van der Waals surface area (Å²) in [5, 5.41) is 9.11. The van der Waals surface area contributed by atoms with Gasteiger partial charge in [-0.05, 0) is 47.9 Å². The number of carbonyl (C=O) groups is 2. The molecular weight excluding hydrogens is 516 g/mol. The maximum absolute atomic E-state index is 12.8. The number of hydrogen-bond donors (Lipinski definition) is 1. The third-order valence-electron chi connectivity index (χ3n) is 6.19. The number of carboxylic acid groups (broad SMARTS) is 1. The zero-order chi connectivity index (χ0) is 26.9. The Hall–Kier alpha value is -3.46. The quantitative estimate of drug-likeness (QED) is 0.234. The topological polar surface area (TPSA) is 70.1 Å². The minimum Gasteiger partial charge on any atom is -0.489 e. The van der Waals surface area contributed by atoms with Crippen LogP contribution in [0.2, 0.25) is 0 Å². The van der Waals surface area contributed by atoms with E-state index in [0.717, 1.165) is 58.6 Å². The molecule has 1 amide bonds. The summed E-state index contributed by atoms with van der Waals surface area (Å²) in [5.41, 5.74) is 4.23. The SMILES string of the molecule is CCN(CCc1ccccc1)Cc1cc(C=C2SC(=S)N(CC(=O)O)C2=O)ccc1OCc1ccccc1. The number of aliphatic carboxylic acids is 1. The summed E-state index contributed by atoms with van der Waals surface area (Å²) in [6.07, 6.45) is 2.71. The van der Waals surface area contributed by atoms with Crippen LogP contribution in [0.25, 0.3) is 6.08 Å². The summed E-state index contributed by atoms with van der Waals surface area (Å²) in [7, 11) is 0. The van der Waals surface area contributed by atoms with Crippen molar-refractivity contribution in [2.24, 2.45) is 0 Å². The highest BCUT2D eigenvalue weighted by atomic mass is 32.2. The van der Waals surface area contributed by atoms with E-state index in [9.17, 15) is 9.59 Å². The van der Waals surface area contributed by atoms with Crippen LogP contribution in [0.3, 0.4) is 0 Å². The Morgan fingerprint density at radius 1 is 1.05 bits per heavy atom. The summed E-state index contributed by atoms with van der Waals surface area (Å²) < 4.78 is 6.50. The Bertz CT molecular complexity index is 1310. The van der Waals surface area contributed by atoms with Gasteiger partial charge in [0.05, 0.1) is 4.91 Å². The largest absolute Gasteiger partial charge is 0.489 e. The standard InChI is InChI=1S/C30H30N2O4S2/c1-2-31(16-15-22-9-5-3-6-10-22)19-25-17-24(13-14-26(25)36-21-23-11-7-4-8-12-23)18-27-29(35)32(20-28(33)34)30(37)38-27/h3-14,17-18H,2,15-16,19-21H2,1H3,(H,33,34). The molecule has 38 heavy (non-hydrogen) atoms. The van der Waals surface area contributed by atoms with E-state index in [4.69, 9.17) is 22.1 Å². The molecule has 0 aliphatic carbocycles. The van der Waals surface area contributed by atoms with Crippen molar-refractivity contribution in [1.29, 1.82) is 0 Å². The minimum absolute atomic E-state index is 0.254. The van der Waals surface area contributed by atoms with Gasteiger partial charge < -0.3 is 9.84 Å². The summed E-state index contributed by atoms with van der Waals surface area (Å²) in [4.78, 5) is 27.8. The molecule has 0 radical (unpaired) electrons. The van der Waals surface area contributed by atoms with Crippen molar-refractivity contribution in [3.8, 4) is 5.75 Å². The number of benzene rings is 3. The lowest BCUT2D eigenvalue weighted by Crippen LogP contribution is -2.33. The number of amides is 1. The monoisotopic (exact) mass is 546 g/mol. The highest BCUT2D eigenvalue weighted by Crippen LogP contribution is 2.33. The maximum atomic E-state index is 12.8. The highest BCUT2D eigenvalue weighted by molar-refractivity contribution is 8.26. The second kappa shape index (κ2) is 13.4. The molecule has 1 aliphatic heterocycles. The average molecular weight is 547 g/mol. The van der Waals surface area contributed by atoms with Crippen LogP contribution >= 0.6 is 24.0 Å². The van der Waals surface area contributed by atoms with Gasteiger partial charge in [-0.3, -0.25) is 19.4 Å². The van der Waals surface area contributed by atoms with E-state index in [0.29, 0.717) is 18.1 Å². The second-order valence-corrected chi connectivity index (χ2v) is 10.6. The zero-order valence-electron chi connectivity index (χ0n) is 21.2. The normalized spacial score (nSPS) is 14.5.